The fourth-order valence-electron chi connectivity index (χ4n) is 3.98. The van der Waals surface area contributed by atoms with E-state index in [0.717, 1.165) is 32.0 Å². The molecule has 0 N–H and O–H groups in total. The Morgan fingerprint density at radius 3 is 1.72 bits per heavy atom. The van der Waals surface area contributed by atoms with Crippen LogP contribution < -0.4 is 0 Å². The minimum atomic E-state index is 0.637. The van der Waals surface area contributed by atoms with Gasteiger partial charge in [-0.2, -0.15) is 5.26 Å². The van der Waals surface area contributed by atoms with Crippen LogP contribution in [0.4, 0.5) is 0 Å². The average molecular weight is 332 g/mol. The number of rotatable bonds is 7. The highest BCUT2D eigenvalue weighted by molar-refractivity contribution is 5.17. The van der Waals surface area contributed by atoms with Crippen molar-refractivity contribution >= 4 is 0 Å². The molecule has 2 aromatic rings. The molecule has 2 heteroatoms. The van der Waals surface area contributed by atoms with Crippen LogP contribution in [0.2, 0.25) is 0 Å². The van der Waals surface area contributed by atoms with Crippen molar-refractivity contribution in [2.24, 2.45) is 11.8 Å². The van der Waals surface area contributed by atoms with Gasteiger partial charge >= 0.3 is 0 Å². The molecule has 0 amide bonds. The standard InChI is InChI=1S/C23H28N2/c24-16-15-20-11-13-23(14-12-20)19-25(17-21-7-3-1-4-8-21)18-22-9-5-2-6-10-22/h1-10,20,23H,11-15,17-19H2/t20-,23+. The summed E-state index contributed by atoms with van der Waals surface area (Å²) < 4.78 is 0. The first-order valence-corrected chi connectivity index (χ1v) is 9.50. The molecule has 0 bridgehead atoms. The van der Waals surface area contributed by atoms with Crippen molar-refractivity contribution < 1.29 is 0 Å². The van der Waals surface area contributed by atoms with E-state index in [0.29, 0.717) is 5.92 Å². The number of hydrogen-bond donors (Lipinski definition) is 0. The van der Waals surface area contributed by atoms with Gasteiger partial charge in [0.1, 0.15) is 0 Å². The van der Waals surface area contributed by atoms with E-state index in [9.17, 15) is 0 Å². The maximum Gasteiger partial charge on any atom is 0.0624 e. The predicted molar refractivity (Wildman–Crippen MR) is 103 cm³/mol. The third kappa shape index (κ3) is 5.73. The lowest BCUT2D eigenvalue weighted by Crippen LogP contribution is -2.31. The zero-order valence-corrected chi connectivity index (χ0v) is 15.0. The van der Waals surface area contributed by atoms with Crippen LogP contribution in [0.3, 0.4) is 0 Å². The van der Waals surface area contributed by atoms with E-state index in [2.05, 4.69) is 71.6 Å². The third-order valence-electron chi connectivity index (χ3n) is 5.36. The van der Waals surface area contributed by atoms with Gasteiger partial charge in [-0.25, -0.2) is 0 Å². The van der Waals surface area contributed by atoms with Crippen molar-refractivity contribution in [3.63, 3.8) is 0 Å². The van der Waals surface area contributed by atoms with Gasteiger partial charge in [0.15, 0.2) is 0 Å². The number of benzene rings is 2. The number of hydrogen-bond acceptors (Lipinski definition) is 2. The summed E-state index contributed by atoms with van der Waals surface area (Å²) in [6.07, 6.45) is 5.73. The Hall–Kier alpha value is -2.11. The summed E-state index contributed by atoms with van der Waals surface area (Å²) >= 11 is 0. The van der Waals surface area contributed by atoms with Crippen LogP contribution in [-0.4, -0.2) is 11.4 Å². The molecule has 130 valence electrons. The first-order valence-electron chi connectivity index (χ1n) is 9.50. The Balaban J connectivity index is 1.61. The monoisotopic (exact) mass is 332 g/mol. The summed E-state index contributed by atoms with van der Waals surface area (Å²) in [5.41, 5.74) is 2.77. The van der Waals surface area contributed by atoms with E-state index < -0.39 is 0 Å². The Morgan fingerprint density at radius 2 is 1.24 bits per heavy atom. The van der Waals surface area contributed by atoms with Crippen LogP contribution in [0, 0.1) is 23.2 Å². The molecule has 0 aliphatic heterocycles. The molecule has 2 aromatic carbocycles. The summed E-state index contributed by atoms with van der Waals surface area (Å²) in [5.74, 6) is 1.40. The van der Waals surface area contributed by atoms with Crippen LogP contribution in [-0.2, 0) is 13.1 Å². The summed E-state index contributed by atoms with van der Waals surface area (Å²) in [6, 6.07) is 23.9. The van der Waals surface area contributed by atoms with Crippen molar-refractivity contribution in [1.29, 1.82) is 5.26 Å². The Kier molecular flexibility index (Phi) is 6.65. The average Bonchev–Trinajstić information content (AvgIpc) is 2.65. The molecule has 0 aromatic heterocycles. The first-order chi connectivity index (χ1) is 12.3. The largest absolute Gasteiger partial charge is 0.295 e. The van der Waals surface area contributed by atoms with Gasteiger partial charge in [0.25, 0.3) is 0 Å². The number of nitrogens with zero attached hydrogens (tertiary/aromatic N) is 2. The van der Waals surface area contributed by atoms with Gasteiger partial charge in [-0.05, 0) is 48.6 Å². The van der Waals surface area contributed by atoms with Crippen molar-refractivity contribution in [3.8, 4) is 6.07 Å². The van der Waals surface area contributed by atoms with Crippen LogP contribution in [0.5, 0.6) is 0 Å². The van der Waals surface area contributed by atoms with E-state index in [1.807, 2.05) is 0 Å². The molecule has 0 atom stereocenters. The topological polar surface area (TPSA) is 27.0 Å². The molecular weight excluding hydrogens is 304 g/mol. The number of nitriles is 1. The molecule has 1 saturated carbocycles. The second kappa shape index (κ2) is 9.39. The van der Waals surface area contributed by atoms with Crippen molar-refractivity contribution in [2.45, 2.75) is 45.2 Å². The molecular formula is C23H28N2. The van der Waals surface area contributed by atoms with Crippen molar-refractivity contribution in [2.75, 3.05) is 6.54 Å². The van der Waals surface area contributed by atoms with E-state index in [4.69, 9.17) is 5.26 Å². The normalized spacial score (nSPS) is 20.3. The highest BCUT2D eigenvalue weighted by atomic mass is 15.1. The summed E-state index contributed by atoms with van der Waals surface area (Å²) in [5, 5.41) is 8.90. The van der Waals surface area contributed by atoms with Crippen molar-refractivity contribution in [1.82, 2.24) is 4.90 Å². The molecule has 3 rings (SSSR count). The highest BCUT2D eigenvalue weighted by Crippen LogP contribution is 2.31. The lowest BCUT2D eigenvalue weighted by Gasteiger charge is -2.32. The second-order valence-electron chi connectivity index (χ2n) is 7.39. The quantitative estimate of drug-likeness (QED) is 0.678. The van der Waals surface area contributed by atoms with Gasteiger partial charge in [-0.15, -0.1) is 0 Å². The zero-order chi connectivity index (χ0) is 17.3. The maximum atomic E-state index is 8.90. The molecule has 1 fully saturated rings. The fraction of sp³-hybridized carbons (Fsp3) is 0.435. The summed E-state index contributed by atoms with van der Waals surface area (Å²) in [7, 11) is 0. The predicted octanol–water partition coefficient (Wildman–Crippen LogP) is 5.41. The summed E-state index contributed by atoms with van der Waals surface area (Å²) in [6.45, 7) is 3.17. The van der Waals surface area contributed by atoms with Crippen LogP contribution in [0.15, 0.2) is 60.7 Å². The molecule has 2 nitrogen and oxygen atoms in total. The lowest BCUT2D eigenvalue weighted by atomic mass is 9.80. The maximum absolute atomic E-state index is 8.90. The Labute approximate surface area is 152 Å². The summed E-state index contributed by atoms with van der Waals surface area (Å²) in [4.78, 5) is 2.60. The Bertz CT molecular complexity index is 610. The van der Waals surface area contributed by atoms with E-state index >= 15 is 0 Å². The molecule has 25 heavy (non-hydrogen) atoms. The van der Waals surface area contributed by atoms with Gasteiger partial charge in [0, 0.05) is 26.1 Å². The smallest absolute Gasteiger partial charge is 0.0624 e. The van der Waals surface area contributed by atoms with Gasteiger partial charge in [0.2, 0.25) is 0 Å². The van der Waals surface area contributed by atoms with Crippen LogP contribution in [0.25, 0.3) is 0 Å². The zero-order valence-electron chi connectivity index (χ0n) is 15.0. The molecule has 0 saturated heterocycles. The van der Waals surface area contributed by atoms with E-state index in [1.54, 1.807) is 0 Å². The molecule has 1 aliphatic rings. The molecule has 1 aliphatic carbocycles. The Morgan fingerprint density at radius 1 is 0.760 bits per heavy atom. The van der Waals surface area contributed by atoms with E-state index in [1.165, 1.54) is 36.8 Å². The van der Waals surface area contributed by atoms with Crippen LogP contribution >= 0.6 is 0 Å². The molecule has 0 spiro atoms. The molecule has 0 unspecified atom stereocenters. The van der Waals surface area contributed by atoms with Gasteiger partial charge in [0.05, 0.1) is 6.07 Å². The molecule has 0 radical (unpaired) electrons. The fourth-order valence-corrected chi connectivity index (χ4v) is 3.98. The highest BCUT2D eigenvalue weighted by Gasteiger charge is 2.23. The van der Waals surface area contributed by atoms with Gasteiger partial charge in [-0.3, -0.25) is 4.90 Å². The SMILES string of the molecule is N#CC[C@H]1CC[C@@H](CN(Cc2ccccc2)Cc2ccccc2)CC1. The second-order valence-corrected chi connectivity index (χ2v) is 7.39. The van der Waals surface area contributed by atoms with Gasteiger partial charge in [-0.1, -0.05) is 60.7 Å². The van der Waals surface area contributed by atoms with Crippen LogP contribution in [0.1, 0.15) is 43.2 Å². The minimum Gasteiger partial charge on any atom is -0.295 e. The minimum absolute atomic E-state index is 0.637. The van der Waals surface area contributed by atoms with Crippen molar-refractivity contribution in [3.05, 3.63) is 71.8 Å². The van der Waals surface area contributed by atoms with Gasteiger partial charge < -0.3 is 0 Å². The van der Waals surface area contributed by atoms with E-state index in [-0.39, 0.29) is 0 Å². The lowest BCUT2D eigenvalue weighted by molar-refractivity contribution is 0.169. The molecule has 0 heterocycles. The first kappa shape index (κ1) is 17.7. The third-order valence-corrected chi connectivity index (χ3v) is 5.36.